The van der Waals surface area contributed by atoms with E-state index in [1.807, 2.05) is 83.5 Å². The number of thiazole rings is 1. The van der Waals surface area contributed by atoms with Crippen LogP contribution in [0.1, 0.15) is 122 Å². The van der Waals surface area contributed by atoms with Gasteiger partial charge in [0.1, 0.15) is 17.6 Å². The number of carbonyl (C=O) groups is 3. The lowest BCUT2D eigenvalue weighted by Gasteiger charge is -2.38. The number of piperidine rings is 1. The summed E-state index contributed by atoms with van der Waals surface area (Å²) in [6.45, 7) is 31.6. The van der Waals surface area contributed by atoms with Crippen LogP contribution in [0.2, 0.25) is 0 Å². The smallest absolute Gasteiger partial charge is 0.207 e. The van der Waals surface area contributed by atoms with E-state index in [-0.39, 0.29) is 40.6 Å². The van der Waals surface area contributed by atoms with E-state index in [9.17, 15) is 19.5 Å². The first-order chi connectivity index (χ1) is 33.8. The van der Waals surface area contributed by atoms with Crippen molar-refractivity contribution in [2.75, 3.05) is 52.6 Å². The van der Waals surface area contributed by atoms with Crippen molar-refractivity contribution in [2.24, 2.45) is 10.8 Å². The van der Waals surface area contributed by atoms with Gasteiger partial charge in [0.15, 0.2) is 5.78 Å². The first kappa shape index (κ1) is 56.6. The molecule has 386 valence electrons. The number of hydrogen-bond acceptors (Lipinski definition) is 11. The van der Waals surface area contributed by atoms with Gasteiger partial charge in [-0.3, -0.25) is 14.4 Å². The second kappa shape index (κ2) is 26.9. The molecule has 1 aromatic heterocycles. The second-order valence-corrected chi connectivity index (χ2v) is 21.8. The lowest BCUT2D eigenvalue weighted by molar-refractivity contribution is -0.116. The molecule has 3 unspecified atom stereocenters. The lowest BCUT2D eigenvalue weighted by Crippen LogP contribution is -2.46. The number of aliphatic hydroxyl groups excluding tert-OH is 1. The van der Waals surface area contributed by atoms with Gasteiger partial charge in [-0.25, -0.2) is 4.98 Å². The van der Waals surface area contributed by atoms with E-state index >= 15 is 0 Å². The molecule has 0 radical (unpaired) electrons. The predicted molar refractivity (Wildman–Crippen MR) is 288 cm³/mol. The van der Waals surface area contributed by atoms with E-state index in [0.29, 0.717) is 37.7 Å². The fourth-order valence-corrected chi connectivity index (χ4v) is 10.3. The van der Waals surface area contributed by atoms with Crippen LogP contribution in [0.3, 0.4) is 0 Å². The van der Waals surface area contributed by atoms with Gasteiger partial charge in [-0.1, -0.05) is 89.7 Å². The van der Waals surface area contributed by atoms with Crippen molar-refractivity contribution >= 4 is 35.5 Å². The quantitative estimate of drug-likeness (QED) is 0.0614. The number of aromatic nitrogens is 1. The molecule has 3 heterocycles. The van der Waals surface area contributed by atoms with Crippen LogP contribution >= 0.6 is 11.3 Å². The Kier molecular flexibility index (Phi) is 21.5. The van der Waals surface area contributed by atoms with Gasteiger partial charge < -0.3 is 39.8 Å². The monoisotopic (exact) mass is 992 g/mol. The normalized spacial score (nSPS) is 18.1. The van der Waals surface area contributed by atoms with Crippen LogP contribution in [0, 0.1) is 24.7 Å². The number of aliphatic hydroxyl groups is 1. The highest BCUT2D eigenvalue weighted by molar-refractivity contribution is 7.13. The maximum Gasteiger partial charge on any atom is 0.207 e. The van der Waals surface area contributed by atoms with Crippen molar-refractivity contribution in [3.63, 3.8) is 0 Å². The molecule has 3 aromatic carbocycles. The summed E-state index contributed by atoms with van der Waals surface area (Å²) < 4.78 is 17.2. The zero-order valence-corrected chi connectivity index (χ0v) is 45.0. The van der Waals surface area contributed by atoms with Crippen molar-refractivity contribution in [1.29, 1.82) is 0 Å². The average molecular weight is 992 g/mol. The molecule has 71 heavy (non-hydrogen) atoms. The highest BCUT2D eigenvalue weighted by Gasteiger charge is 2.35. The first-order valence-corrected chi connectivity index (χ1v) is 26.3. The Balaban J connectivity index is 0.000000233. The summed E-state index contributed by atoms with van der Waals surface area (Å²) in [6.07, 6.45) is 7.15. The molecule has 0 saturated carbocycles. The summed E-state index contributed by atoms with van der Waals surface area (Å²) in [4.78, 5) is 44.2. The number of aryl methyl sites for hydroxylation is 2. The van der Waals surface area contributed by atoms with Crippen molar-refractivity contribution in [3.8, 4) is 27.3 Å². The van der Waals surface area contributed by atoms with Crippen molar-refractivity contribution in [1.82, 2.24) is 25.4 Å². The number of hydrogen-bond donors (Lipinski definition) is 3. The van der Waals surface area contributed by atoms with E-state index in [1.165, 1.54) is 23.3 Å². The number of rotatable bonds is 19. The van der Waals surface area contributed by atoms with Gasteiger partial charge in [0, 0.05) is 57.4 Å². The Labute approximate surface area is 428 Å². The standard InChI is InChI=1S/C32H43NO5.C13H14N2OS.C13H24N2O/c1-5-36-18-19-37-17-16-33-14-12-27(13-15-33)38-26-10-8-24(9-11-26)25-7-6-23(2)28(20-25)31-29(34)21-32(3,4)22-30(31)35;1-9(14-7-16)11-3-5-12(6-4-11)13-10(2)15-8-17-13;1-10-7-6-8-15(10)11(2)12(14-9-16)13(3,4)5/h6-11,20,27,34H,5,12-19,21-22H2,1-4H3;3-9H,1-2H3,(H,14,16);9-10,12H,2,6-8H2,1,3-5H3,(H,14,16). The molecule has 13 heteroatoms. The summed E-state index contributed by atoms with van der Waals surface area (Å²) in [5.74, 6) is 1.10. The maximum atomic E-state index is 12.9. The van der Waals surface area contributed by atoms with E-state index in [1.54, 1.807) is 11.3 Å². The van der Waals surface area contributed by atoms with Gasteiger partial charge >= 0.3 is 0 Å². The van der Waals surface area contributed by atoms with E-state index in [0.717, 1.165) is 110 Å². The third-order valence-electron chi connectivity index (χ3n) is 13.6. The summed E-state index contributed by atoms with van der Waals surface area (Å²) in [7, 11) is 0. The van der Waals surface area contributed by atoms with Gasteiger partial charge in [0.25, 0.3) is 0 Å². The fraction of sp³-hybridized carbons (Fsp3) is 0.517. The van der Waals surface area contributed by atoms with Crippen molar-refractivity contribution < 1.29 is 33.7 Å². The molecule has 2 saturated heterocycles. The summed E-state index contributed by atoms with van der Waals surface area (Å²) >= 11 is 1.64. The summed E-state index contributed by atoms with van der Waals surface area (Å²) in [5, 5.41) is 16.4. The molecule has 2 amide bonds. The molecule has 1 aliphatic carbocycles. The number of ketones is 1. The molecule has 2 fully saturated rings. The molecule has 3 atom stereocenters. The molecule has 12 nitrogen and oxygen atoms in total. The van der Waals surface area contributed by atoms with Gasteiger partial charge in [-0.15, -0.1) is 11.3 Å². The number of allylic oxidation sites excluding steroid dienone is 2. The van der Waals surface area contributed by atoms with Crippen LogP contribution < -0.4 is 15.4 Å². The topological polar surface area (TPSA) is 143 Å². The zero-order chi connectivity index (χ0) is 51.7. The van der Waals surface area contributed by atoms with Gasteiger partial charge in [-0.05, 0) is 123 Å². The zero-order valence-electron chi connectivity index (χ0n) is 44.1. The molecule has 3 N–H and O–H groups in total. The fourth-order valence-electron chi connectivity index (χ4n) is 9.53. The molecule has 4 aromatic rings. The number of ether oxygens (including phenoxy) is 3. The van der Waals surface area contributed by atoms with Crippen LogP contribution in [0.25, 0.3) is 27.1 Å². The first-order valence-electron chi connectivity index (χ1n) is 25.4. The van der Waals surface area contributed by atoms with Crippen LogP contribution in [-0.4, -0.2) is 109 Å². The molecule has 7 rings (SSSR count). The minimum atomic E-state index is -0.208. The SMILES string of the molecule is C=C(C(NC=O)C(C)(C)C)N1CCCC1C.CCOCCOCCN1CCC(Oc2ccc(-c3ccc(C)c(C4=C(O)CC(C)(C)CC4=O)c3)cc2)CC1.Cc1ncsc1-c1ccc(C(C)NC=O)cc1. The lowest BCUT2D eigenvalue weighted by atomic mass is 9.74. The van der Waals surface area contributed by atoms with E-state index < -0.39 is 0 Å². The Morgan fingerprint density at radius 2 is 1.55 bits per heavy atom. The molecule has 0 bridgehead atoms. The highest BCUT2D eigenvalue weighted by atomic mass is 32.1. The van der Waals surface area contributed by atoms with Gasteiger partial charge in [0.2, 0.25) is 12.8 Å². The number of nitrogens with zero attached hydrogens (tertiary/aromatic N) is 3. The molecular formula is C58H81N5O7S. The number of Topliss-reactive ketones (excluding diaryl/α,β-unsaturated/α-hetero) is 1. The minimum absolute atomic E-state index is 0.000301. The van der Waals surface area contributed by atoms with Crippen molar-refractivity contribution in [3.05, 3.63) is 113 Å². The molecule has 0 spiro atoms. The van der Waals surface area contributed by atoms with E-state index in [4.69, 9.17) is 14.2 Å². The molecule has 3 aliphatic rings. The van der Waals surface area contributed by atoms with Crippen LogP contribution in [0.4, 0.5) is 0 Å². The average Bonchev–Trinajstić information content (AvgIpc) is 3.97. The largest absolute Gasteiger partial charge is 0.512 e. The third kappa shape index (κ3) is 16.6. The number of nitrogens with one attached hydrogen (secondary N) is 2. The third-order valence-corrected chi connectivity index (χ3v) is 14.6. The molecule has 2 aliphatic heterocycles. The summed E-state index contributed by atoms with van der Waals surface area (Å²) in [6, 6.07) is 23.1. The van der Waals surface area contributed by atoms with Crippen molar-refractivity contribution in [2.45, 2.75) is 132 Å². The van der Waals surface area contributed by atoms with Crippen LogP contribution in [0.15, 0.2) is 90.3 Å². The van der Waals surface area contributed by atoms with Crippen LogP contribution in [-0.2, 0) is 23.9 Å². The Hall–Kier alpha value is -5.34. The minimum Gasteiger partial charge on any atom is -0.512 e. The predicted octanol–water partition coefficient (Wildman–Crippen LogP) is 11.3. The van der Waals surface area contributed by atoms with Crippen LogP contribution in [0.5, 0.6) is 5.75 Å². The Bertz CT molecular complexity index is 2360. The van der Waals surface area contributed by atoms with Gasteiger partial charge in [-0.2, -0.15) is 0 Å². The Morgan fingerprint density at radius 3 is 2.13 bits per heavy atom. The number of benzene rings is 3. The number of likely N-dealkylation sites (tertiary alicyclic amines) is 2. The number of amides is 2. The van der Waals surface area contributed by atoms with E-state index in [2.05, 4.69) is 90.0 Å². The summed E-state index contributed by atoms with van der Waals surface area (Å²) in [5.41, 5.74) is 10.4. The Morgan fingerprint density at radius 1 is 0.901 bits per heavy atom. The number of carbonyl (C=O) groups excluding carboxylic acids is 3. The maximum absolute atomic E-state index is 12.9. The van der Waals surface area contributed by atoms with Gasteiger partial charge in [0.05, 0.1) is 53.6 Å². The highest BCUT2D eigenvalue weighted by Crippen LogP contribution is 2.41. The second-order valence-electron chi connectivity index (χ2n) is 20.9. The molecular weight excluding hydrogens is 911 g/mol.